The second-order valence-corrected chi connectivity index (χ2v) is 7.32. The second kappa shape index (κ2) is 6.67. The number of H-pyrrole nitrogens is 1. The zero-order valence-corrected chi connectivity index (χ0v) is 15.1. The first-order chi connectivity index (χ1) is 13.3. The molecule has 1 saturated heterocycles. The Labute approximate surface area is 157 Å². The molecule has 2 N–H and O–H groups in total. The van der Waals surface area contributed by atoms with Crippen LogP contribution in [0.25, 0.3) is 32.9 Å². The first-order valence-electron chi connectivity index (χ1n) is 9.49. The van der Waals surface area contributed by atoms with Gasteiger partial charge in [-0.05, 0) is 48.6 Å². The van der Waals surface area contributed by atoms with Crippen LogP contribution in [0.15, 0.2) is 55.0 Å². The third kappa shape index (κ3) is 2.94. The summed E-state index contributed by atoms with van der Waals surface area (Å²) in [6.45, 7) is 2.23. The Balaban J connectivity index is 1.42. The Morgan fingerprint density at radius 3 is 2.59 bits per heavy atom. The van der Waals surface area contributed by atoms with Gasteiger partial charge >= 0.3 is 0 Å². The van der Waals surface area contributed by atoms with E-state index in [0.29, 0.717) is 12.5 Å². The molecule has 5 nitrogen and oxygen atoms in total. The van der Waals surface area contributed by atoms with Crippen molar-refractivity contribution in [3.05, 3.63) is 55.0 Å². The normalized spacial score (nSPS) is 15.7. The van der Waals surface area contributed by atoms with E-state index in [-0.39, 0.29) is 0 Å². The molecule has 0 atom stereocenters. The molecule has 27 heavy (non-hydrogen) atoms. The van der Waals surface area contributed by atoms with Gasteiger partial charge in [0.1, 0.15) is 5.82 Å². The van der Waals surface area contributed by atoms with Crippen LogP contribution < -0.4 is 4.90 Å². The highest BCUT2D eigenvalue weighted by Gasteiger charge is 2.19. The van der Waals surface area contributed by atoms with Crippen molar-refractivity contribution in [3.63, 3.8) is 0 Å². The zero-order chi connectivity index (χ0) is 18.2. The minimum atomic E-state index is 0.298. The van der Waals surface area contributed by atoms with Gasteiger partial charge in [-0.3, -0.25) is 4.98 Å². The number of nitrogens with zero attached hydrogens (tertiary/aromatic N) is 3. The highest BCUT2D eigenvalue weighted by Crippen LogP contribution is 2.30. The Kier molecular flexibility index (Phi) is 4.02. The third-order valence-electron chi connectivity index (χ3n) is 5.68. The number of benzene rings is 1. The van der Waals surface area contributed by atoms with Crippen molar-refractivity contribution in [2.75, 3.05) is 24.6 Å². The molecule has 1 aromatic carbocycles. The van der Waals surface area contributed by atoms with Gasteiger partial charge in [-0.2, -0.15) is 0 Å². The highest BCUT2D eigenvalue weighted by molar-refractivity contribution is 6.07. The lowest BCUT2D eigenvalue weighted by molar-refractivity contribution is 0.203. The number of aliphatic hydroxyl groups is 1. The van der Waals surface area contributed by atoms with Crippen LogP contribution in [0.5, 0.6) is 0 Å². The molecule has 4 heterocycles. The highest BCUT2D eigenvalue weighted by atomic mass is 16.3. The second-order valence-electron chi connectivity index (χ2n) is 7.32. The molecule has 1 aliphatic heterocycles. The summed E-state index contributed by atoms with van der Waals surface area (Å²) in [7, 11) is 0. The molecule has 0 bridgehead atoms. The SMILES string of the molecule is OCC1CCN(c2ccc(-c3ccc4c(c3)[nH]c3ccncc34)cn2)CC1. The molecule has 1 fully saturated rings. The van der Waals surface area contributed by atoms with Crippen molar-refractivity contribution >= 4 is 27.6 Å². The maximum Gasteiger partial charge on any atom is 0.128 e. The summed E-state index contributed by atoms with van der Waals surface area (Å²) in [5.41, 5.74) is 4.49. The predicted molar refractivity (Wildman–Crippen MR) is 109 cm³/mol. The predicted octanol–water partition coefficient (Wildman–Crippen LogP) is 3.99. The van der Waals surface area contributed by atoms with Crippen LogP contribution in [0, 0.1) is 5.92 Å². The molecule has 1 aliphatic rings. The van der Waals surface area contributed by atoms with Crippen LogP contribution >= 0.6 is 0 Å². The van der Waals surface area contributed by atoms with Crippen molar-refractivity contribution < 1.29 is 5.11 Å². The Morgan fingerprint density at radius 1 is 0.963 bits per heavy atom. The molecule has 0 saturated carbocycles. The third-order valence-corrected chi connectivity index (χ3v) is 5.68. The Bertz CT molecular complexity index is 1080. The van der Waals surface area contributed by atoms with E-state index in [9.17, 15) is 5.11 Å². The number of pyridine rings is 2. The van der Waals surface area contributed by atoms with Gasteiger partial charge in [0.15, 0.2) is 0 Å². The summed E-state index contributed by atoms with van der Waals surface area (Å²) in [6, 6.07) is 12.7. The molecule has 0 amide bonds. The smallest absolute Gasteiger partial charge is 0.128 e. The largest absolute Gasteiger partial charge is 0.396 e. The lowest BCUT2D eigenvalue weighted by Crippen LogP contribution is -2.35. The Morgan fingerprint density at radius 2 is 1.81 bits per heavy atom. The maximum atomic E-state index is 9.29. The van der Waals surface area contributed by atoms with Gasteiger partial charge in [-0.1, -0.05) is 12.1 Å². The average Bonchev–Trinajstić information content (AvgIpc) is 3.12. The molecule has 0 unspecified atom stereocenters. The summed E-state index contributed by atoms with van der Waals surface area (Å²) in [4.78, 5) is 14.7. The van der Waals surface area contributed by atoms with Crippen LogP contribution in [0.2, 0.25) is 0 Å². The first kappa shape index (κ1) is 16.3. The Hall–Kier alpha value is -2.92. The minimum absolute atomic E-state index is 0.298. The van der Waals surface area contributed by atoms with Crippen molar-refractivity contribution in [1.82, 2.24) is 15.0 Å². The number of hydrogen-bond acceptors (Lipinski definition) is 4. The number of nitrogens with one attached hydrogen (secondary N) is 1. The van der Waals surface area contributed by atoms with Crippen LogP contribution in [-0.2, 0) is 0 Å². The monoisotopic (exact) mass is 358 g/mol. The fourth-order valence-corrected chi connectivity index (χ4v) is 4.01. The number of fused-ring (bicyclic) bond motifs is 3. The molecule has 5 heteroatoms. The number of piperidine rings is 1. The molecule has 3 aromatic heterocycles. The molecular weight excluding hydrogens is 336 g/mol. The number of anilines is 1. The van der Waals surface area contributed by atoms with Gasteiger partial charge in [0, 0.05) is 65.7 Å². The fourth-order valence-electron chi connectivity index (χ4n) is 4.01. The zero-order valence-electron chi connectivity index (χ0n) is 15.1. The number of hydrogen-bond donors (Lipinski definition) is 2. The van der Waals surface area contributed by atoms with E-state index in [1.165, 1.54) is 5.39 Å². The first-order valence-corrected chi connectivity index (χ1v) is 9.49. The van der Waals surface area contributed by atoms with Gasteiger partial charge in [0.05, 0.1) is 0 Å². The van der Waals surface area contributed by atoms with Gasteiger partial charge in [-0.15, -0.1) is 0 Å². The lowest BCUT2D eigenvalue weighted by Gasteiger charge is -2.32. The van der Waals surface area contributed by atoms with E-state index >= 15 is 0 Å². The topological polar surface area (TPSA) is 65.0 Å². The van der Waals surface area contributed by atoms with Crippen molar-refractivity contribution in [3.8, 4) is 11.1 Å². The lowest BCUT2D eigenvalue weighted by atomic mass is 9.98. The van der Waals surface area contributed by atoms with E-state index in [4.69, 9.17) is 4.98 Å². The van der Waals surface area contributed by atoms with E-state index in [0.717, 1.165) is 59.3 Å². The minimum Gasteiger partial charge on any atom is -0.396 e. The van der Waals surface area contributed by atoms with Gasteiger partial charge < -0.3 is 15.0 Å². The van der Waals surface area contributed by atoms with Gasteiger partial charge in [0.2, 0.25) is 0 Å². The summed E-state index contributed by atoms with van der Waals surface area (Å²) < 4.78 is 0. The molecular formula is C22H22N4O. The molecule has 136 valence electrons. The van der Waals surface area contributed by atoms with E-state index < -0.39 is 0 Å². The van der Waals surface area contributed by atoms with E-state index in [2.05, 4.69) is 45.2 Å². The number of rotatable bonds is 3. The van der Waals surface area contributed by atoms with E-state index in [1.807, 2.05) is 24.7 Å². The number of aromatic amines is 1. The standard InChI is InChI=1S/C22H22N4O/c27-14-15-6-9-26(10-7-15)22-4-2-17(12-24-22)16-1-3-18-19-13-23-8-5-20(19)25-21(18)11-16/h1-5,8,11-13,15,25,27H,6-7,9-10,14H2. The summed E-state index contributed by atoms with van der Waals surface area (Å²) in [6.07, 6.45) is 7.74. The van der Waals surface area contributed by atoms with Gasteiger partial charge in [0.25, 0.3) is 0 Å². The summed E-state index contributed by atoms with van der Waals surface area (Å²) in [5, 5.41) is 11.6. The average molecular weight is 358 g/mol. The van der Waals surface area contributed by atoms with Gasteiger partial charge in [-0.25, -0.2) is 4.98 Å². The fraction of sp³-hybridized carbons (Fsp3) is 0.273. The molecule has 5 rings (SSSR count). The summed E-state index contributed by atoms with van der Waals surface area (Å²) >= 11 is 0. The summed E-state index contributed by atoms with van der Waals surface area (Å²) in [5.74, 6) is 1.46. The number of aromatic nitrogens is 3. The van der Waals surface area contributed by atoms with Crippen LogP contribution in [-0.4, -0.2) is 39.8 Å². The molecule has 4 aromatic rings. The molecule has 0 aliphatic carbocycles. The molecule has 0 spiro atoms. The van der Waals surface area contributed by atoms with Crippen LogP contribution in [0.1, 0.15) is 12.8 Å². The van der Waals surface area contributed by atoms with Crippen molar-refractivity contribution in [2.24, 2.45) is 5.92 Å². The van der Waals surface area contributed by atoms with Crippen molar-refractivity contribution in [2.45, 2.75) is 12.8 Å². The maximum absolute atomic E-state index is 9.29. The number of aliphatic hydroxyl groups excluding tert-OH is 1. The molecule has 0 radical (unpaired) electrons. The van der Waals surface area contributed by atoms with Crippen LogP contribution in [0.4, 0.5) is 5.82 Å². The quantitative estimate of drug-likeness (QED) is 0.581. The van der Waals surface area contributed by atoms with Crippen molar-refractivity contribution in [1.29, 1.82) is 0 Å². The van der Waals surface area contributed by atoms with Crippen LogP contribution in [0.3, 0.4) is 0 Å². The van der Waals surface area contributed by atoms with E-state index in [1.54, 1.807) is 0 Å².